The molecule has 0 aromatic carbocycles. The first-order chi connectivity index (χ1) is 4.66. The van der Waals surface area contributed by atoms with Crippen LogP contribution in [0.2, 0.25) is 0 Å². The molecule has 0 aliphatic heterocycles. The summed E-state index contributed by atoms with van der Waals surface area (Å²) >= 11 is 1.22. The number of rotatable bonds is 5. The summed E-state index contributed by atoms with van der Waals surface area (Å²) in [6.07, 6.45) is 0. The van der Waals surface area contributed by atoms with Gasteiger partial charge in [-0.3, -0.25) is 4.79 Å². The molecule has 4 heteroatoms. The van der Waals surface area contributed by atoms with E-state index in [-0.39, 0.29) is 11.7 Å². The second-order valence-electron chi connectivity index (χ2n) is 1.56. The van der Waals surface area contributed by atoms with Crippen molar-refractivity contribution in [3.63, 3.8) is 0 Å². The van der Waals surface area contributed by atoms with Gasteiger partial charge in [0, 0.05) is 0 Å². The first-order valence-corrected chi connectivity index (χ1v) is 3.88. The van der Waals surface area contributed by atoms with Crippen molar-refractivity contribution in [3.05, 3.63) is 11.7 Å². The fraction of sp³-hybridized carbons (Fsp3) is 0.500. The van der Waals surface area contributed by atoms with E-state index < -0.39 is 0 Å². The van der Waals surface area contributed by atoms with Crippen molar-refractivity contribution in [3.8, 4) is 0 Å². The summed E-state index contributed by atoms with van der Waals surface area (Å²) in [5, 5.41) is 0.543. The molecule has 1 amide bonds. The third kappa shape index (κ3) is 5.50. The van der Waals surface area contributed by atoms with Crippen molar-refractivity contribution in [1.82, 2.24) is 0 Å². The van der Waals surface area contributed by atoms with E-state index >= 15 is 0 Å². The molecule has 3 nitrogen and oxygen atoms in total. The minimum absolute atomic E-state index is 0.235. The van der Waals surface area contributed by atoms with Crippen LogP contribution in [0.5, 0.6) is 0 Å². The highest BCUT2D eigenvalue weighted by atomic mass is 32.2. The highest BCUT2D eigenvalue weighted by molar-refractivity contribution is 8.03. The Morgan fingerprint density at radius 1 is 1.80 bits per heavy atom. The molecule has 0 aliphatic rings. The molecule has 0 aromatic heterocycles. The van der Waals surface area contributed by atoms with E-state index in [4.69, 9.17) is 10.5 Å². The number of carbonyl (C=O) groups is 1. The van der Waals surface area contributed by atoms with Crippen LogP contribution < -0.4 is 5.73 Å². The summed E-state index contributed by atoms with van der Waals surface area (Å²) in [6.45, 7) is 5.98. The van der Waals surface area contributed by atoms with E-state index in [1.54, 1.807) is 0 Å². The molecule has 0 fully saturated rings. The van der Waals surface area contributed by atoms with Crippen LogP contribution in [0.15, 0.2) is 11.7 Å². The Morgan fingerprint density at radius 3 is 2.80 bits per heavy atom. The first-order valence-electron chi connectivity index (χ1n) is 2.89. The van der Waals surface area contributed by atoms with E-state index in [2.05, 4.69) is 6.58 Å². The number of ether oxygens (including phenoxy) is 1. The molecule has 58 valence electrons. The monoisotopic (exact) mass is 161 g/mol. The summed E-state index contributed by atoms with van der Waals surface area (Å²) < 4.78 is 4.95. The van der Waals surface area contributed by atoms with Gasteiger partial charge in [0.15, 0.2) is 0 Å². The Labute approximate surface area is 64.6 Å². The Hall–Kier alpha value is -0.640. The average molecular weight is 161 g/mol. The van der Waals surface area contributed by atoms with Gasteiger partial charge in [-0.25, -0.2) is 0 Å². The van der Waals surface area contributed by atoms with Gasteiger partial charge in [-0.15, -0.1) is 0 Å². The van der Waals surface area contributed by atoms with Gasteiger partial charge >= 0.3 is 0 Å². The van der Waals surface area contributed by atoms with E-state index in [1.165, 1.54) is 11.8 Å². The normalized spacial score (nSPS) is 8.90. The highest BCUT2D eigenvalue weighted by Crippen LogP contribution is 2.12. The van der Waals surface area contributed by atoms with Crippen LogP contribution in [0.25, 0.3) is 0 Å². The van der Waals surface area contributed by atoms with Gasteiger partial charge in [0.05, 0.1) is 12.4 Å². The molecule has 2 N–H and O–H groups in total. The van der Waals surface area contributed by atoms with Crippen molar-refractivity contribution >= 4 is 17.7 Å². The van der Waals surface area contributed by atoms with Gasteiger partial charge in [-0.05, 0) is 13.5 Å². The second kappa shape index (κ2) is 5.17. The lowest BCUT2D eigenvalue weighted by molar-refractivity contribution is -0.115. The van der Waals surface area contributed by atoms with Gasteiger partial charge in [-0.2, -0.15) is 0 Å². The molecule has 0 aromatic rings. The minimum atomic E-state index is -0.356. The first kappa shape index (κ1) is 9.36. The number of thioether (sulfide) groups is 1. The Balaban J connectivity index is 3.30. The molecule has 0 spiro atoms. The lowest BCUT2D eigenvalue weighted by Gasteiger charge is -2.02. The molecule has 0 unspecified atom stereocenters. The standard InChI is InChI=1S/C6H11NO2S/c1-3-9-5(2)10-4-6(7)8/h2-4H2,1H3,(H2,7,8). The van der Waals surface area contributed by atoms with E-state index in [9.17, 15) is 4.79 Å². The van der Waals surface area contributed by atoms with Crippen molar-refractivity contribution < 1.29 is 9.53 Å². The fourth-order valence-corrected chi connectivity index (χ4v) is 0.859. The summed E-state index contributed by atoms with van der Waals surface area (Å²) in [7, 11) is 0. The summed E-state index contributed by atoms with van der Waals surface area (Å²) in [5.41, 5.74) is 4.88. The average Bonchev–Trinajstić information content (AvgIpc) is 1.85. The quantitative estimate of drug-likeness (QED) is 0.604. The zero-order chi connectivity index (χ0) is 7.98. The van der Waals surface area contributed by atoms with Gasteiger partial charge < -0.3 is 10.5 Å². The van der Waals surface area contributed by atoms with Gasteiger partial charge in [0.1, 0.15) is 5.09 Å². The van der Waals surface area contributed by atoms with Crippen LogP contribution in [0, 0.1) is 0 Å². The maximum atomic E-state index is 10.2. The molecule has 0 saturated carbocycles. The Morgan fingerprint density at radius 2 is 2.40 bits per heavy atom. The molecule has 0 bridgehead atoms. The minimum Gasteiger partial charge on any atom is -0.488 e. The highest BCUT2D eigenvalue weighted by Gasteiger charge is 1.97. The van der Waals surface area contributed by atoms with Gasteiger partial charge in [0.2, 0.25) is 5.91 Å². The van der Waals surface area contributed by atoms with Crippen LogP contribution in [-0.4, -0.2) is 18.3 Å². The lowest BCUT2D eigenvalue weighted by atomic mass is 10.8. The number of nitrogens with two attached hydrogens (primary N) is 1. The molecule has 10 heavy (non-hydrogen) atoms. The lowest BCUT2D eigenvalue weighted by Crippen LogP contribution is -2.13. The molecule has 0 aliphatic carbocycles. The number of carbonyl (C=O) groups excluding carboxylic acids is 1. The van der Waals surface area contributed by atoms with Gasteiger partial charge in [0.25, 0.3) is 0 Å². The van der Waals surface area contributed by atoms with Crippen molar-refractivity contribution in [1.29, 1.82) is 0 Å². The zero-order valence-electron chi connectivity index (χ0n) is 5.92. The molecule has 0 radical (unpaired) electrons. The number of hydrogen-bond acceptors (Lipinski definition) is 3. The molecule has 0 saturated heterocycles. The van der Waals surface area contributed by atoms with Crippen LogP contribution in [0.4, 0.5) is 0 Å². The fourth-order valence-electron chi connectivity index (χ4n) is 0.354. The predicted octanol–water partition coefficient (Wildman–Crippen LogP) is 0.713. The molecular formula is C6H11NO2S. The van der Waals surface area contributed by atoms with Gasteiger partial charge in [-0.1, -0.05) is 11.8 Å². The van der Waals surface area contributed by atoms with Crippen LogP contribution in [0.3, 0.4) is 0 Å². The van der Waals surface area contributed by atoms with Crippen molar-refractivity contribution in [2.24, 2.45) is 5.73 Å². The van der Waals surface area contributed by atoms with Crippen molar-refractivity contribution in [2.75, 3.05) is 12.4 Å². The van der Waals surface area contributed by atoms with E-state index in [0.717, 1.165) is 0 Å². The van der Waals surface area contributed by atoms with Crippen LogP contribution >= 0.6 is 11.8 Å². The second-order valence-corrected chi connectivity index (χ2v) is 2.59. The Kier molecular flexibility index (Phi) is 4.84. The maximum Gasteiger partial charge on any atom is 0.227 e. The molecular weight excluding hydrogens is 150 g/mol. The van der Waals surface area contributed by atoms with Crippen LogP contribution in [0.1, 0.15) is 6.92 Å². The molecule has 0 atom stereocenters. The largest absolute Gasteiger partial charge is 0.488 e. The summed E-state index contributed by atoms with van der Waals surface area (Å²) in [4.78, 5) is 10.2. The van der Waals surface area contributed by atoms with E-state index in [0.29, 0.717) is 11.7 Å². The topological polar surface area (TPSA) is 52.3 Å². The third-order valence-corrected chi connectivity index (χ3v) is 1.55. The molecule has 0 heterocycles. The van der Waals surface area contributed by atoms with E-state index in [1.807, 2.05) is 6.92 Å². The molecule has 0 rings (SSSR count). The summed E-state index contributed by atoms with van der Waals surface area (Å²) in [5.74, 6) is -0.121. The number of primary amides is 1. The van der Waals surface area contributed by atoms with Crippen molar-refractivity contribution in [2.45, 2.75) is 6.92 Å². The SMILES string of the molecule is C=C(OCC)SCC(N)=O. The van der Waals surface area contributed by atoms with Crippen LogP contribution in [-0.2, 0) is 9.53 Å². The smallest absolute Gasteiger partial charge is 0.227 e. The Bertz CT molecular complexity index is 136. The summed E-state index contributed by atoms with van der Waals surface area (Å²) in [6, 6.07) is 0. The maximum absolute atomic E-state index is 10.2. The third-order valence-electron chi connectivity index (χ3n) is 0.681. The number of amides is 1. The number of hydrogen-bond donors (Lipinski definition) is 1. The zero-order valence-corrected chi connectivity index (χ0v) is 6.74. The predicted molar refractivity (Wildman–Crippen MR) is 42.4 cm³/mol.